The van der Waals surface area contributed by atoms with Crippen LogP contribution < -0.4 is 15.5 Å². The van der Waals surface area contributed by atoms with E-state index in [0.29, 0.717) is 22.8 Å². The first kappa shape index (κ1) is 23.4. The third kappa shape index (κ3) is 4.76. The summed E-state index contributed by atoms with van der Waals surface area (Å²) >= 11 is 5.36. The summed E-state index contributed by atoms with van der Waals surface area (Å²) in [4.78, 5) is 30.5. The maximum absolute atomic E-state index is 12.8. The predicted octanol–water partition coefficient (Wildman–Crippen LogP) is 5.44. The van der Waals surface area contributed by atoms with Gasteiger partial charge in [-0.05, 0) is 73.9 Å². The summed E-state index contributed by atoms with van der Waals surface area (Å²) in [6, 6.07) is 17.7. The lowest BCUT2D eigenvalue weighted by atomic mass is 10.1. The van der Waals surface area contributed by atoms with E-state index in [4.69, 9.17) is 16.6 Å². The van der Waals surface area contributed by atoms with Gasteiger partial charge in [0, 0.05) is 36.0 Å². The van der Waals surface area contributed by atoms with E-state index < -0.39 is 10.8 Å². The highest BCUT2D eigenvalue weighted by molar-refractivity contribution is 7.80. The lowest BCUT2D eigenvalue weighted by Gasteiger charge is -2.18. The van der Waals surface area contributed by atoms with Gasteiger partial charge in [0.05, 0.1) is 4.92 Å². The number of rotatable bonds is 5. The van der Waals surface area contributed by atoms with Crippen LogP contribution in [0.3, 0.4) is 0 Å². The van der Waals surface area contributed by atoms with Gasteiger partial charge in [-0.1, -0.05) is 18.2 Å². The van der Waals surface area contributed by atoms with Gasteiger partial charge in [-0.15, -0.1) is 0 Å². The van der Waals surface area contributed by atoms with Crippen LogP contribution in [0.1, 0.15) is 28.8 Å². The first-order valence-electron chi connectivity index (χ1n) is 11.5. The molecule has 0 atom stereocenters. The predicted molar refractivity (Wildman–Crippen MR) is 142 cm³/mol. The summed E-state index contributed by atoms with van der Waals surface area (Å²) in [5, 5.41) is 17.4. The van der Waals surface area contributed by atoms with E-state index in [1.54, 1.807) is 12.1 Å². The first-order valence-corrected chi connectivity index (χ1v) is 11.9. The molecule has 10 heteroatoms. The Kier molecular flexibility index (Phi) is 6.34. The van der Waals surface area contributed by atoms with Gasteiger partial charge in [-0.3, -0.25) is 20.2 Å². The molecule has 0 spiro atoms. The number of nitro benzene ring substituents is 1. The minimum atomic E-state index is -0.531. The Hall–Kier alpha value is -4.31. The number of nitrogens with one attached hydrogen (secondary N) is 2. The monoisotopic (exact) mass is 501 g/mol. The topological polar surface area (TPSA) is 114 Å². The number of aryl methyl sites for hydroxylation is 1. The lowest BCUT2D eigenvalue weighted by molar-refractivity contribution is -0.384. The summed E-state index contributed by atoms with van der Waals surface area (Å²) in [6.45, 7) is 3.44. The number of carbonyl (C=O) groups is 1. The zero-order valence-corrected chi connectivity index (χ0v) is 20.3. The number of oxazole rings is 1. The normalized spacial score (nSPS) is 13.1. The van der Waals surface area contributed by atoms with Crippen molar-refractivity contribution in [2.24, 2.45) is 0 Å². The number of amides is 1. The molecule has 3 aromatic carbocycles. The maximum Gasteiger partial charge on any atom is 0.293 e. The van der Waals surface area contributed by atoms with Crippen LogP contribution in [0.2, 0.25) is 0 Å². The van der Waals surface area contributed by atoms with Gasteiger partial charge in [-0.2, -0.15) is 0 Å². The molecule has 1 saturated heterocycles. The molecular weight excluding hydrogens is 478 g/mol. The Bertz CT molecular complexity index is 1460. The molecule has 1 fully saturated rings. The van der Waals surface area contributed by atoms with Gasteiger partial charge >= 0.3 is 0 Å². The van der Waals surface area contributed by atoms with Crippen molar-refractivity contribution in [3.63, 3.8) is 0 Å². The van der Waals surface area contributed by atoms with Crippen LogP contribution in [0.5, 0.6) is 0 Å². The average Bonchev–Trinajstić information content (AvgIpc) is 3.55. The second kappa shape index (κ2) is 9.74. The maximum atomic E-state index is 12.8. The molecule has 0 saturated carbocycles. The van der Waals surface area contributed by atoms with Gasteiger partial charge < -0.3 is 14.6 Å². The van der Waals surface area contributed by atoms with Crippen molar-refractivity contribution in [3.8, 4) is 11.5 Å². The van der Waals surface area contributed by atoms with Crippen molar-refractivity contribution in [2.45, 2.75) is 19.8 Å². The van der Waals surface area contributed by atoms with Gasteiger partial charge in [0.1, 0.15) is 11.2 Å². The lowest BCUT2D eigenvalue weighted by Crippen LogP contribution is -2.34. The van der Waals surface area contributed by atoms with Gasteiger partial charge in [0.25, 0.3) is 11.6 Å². The van der Waals surface area contributed by atoms with E-state index in [1.165, 1.54) is 6.07 Å². The second-order valence-electron chi connectivity index (χ2n) is 8.58. The molecule has 0 aliphatic carbocycles. The van der Waals surface area contributed by atoms with E-state index in [9.17, 15) is 14.9 Å². The molecule has 1 amide bonds. The summed E-state index contributed by atoms with van der Waals surface area (Å²) in [5.41, 5.74) is 4.37. The van der Waals surface area contributed by atoms with E-state index in [-0.39, 0.29) is 16.4 Å². The molecule has 36 heavy (non-hydrogen) atoms. The largest absolute Gasteiger partial charge is 0.436 e. The first-order chi connectivity index (χ1) is 17.4. The highest BCUT2D eigenvalue weighted by Gasteiger charge is 2.24. The fourth-order valence-electron chi connectivity index (χ4n) is 4.25. The highest BCUT2D eigenvalue weighted by Crippen LogP contribution is 2.32. The fraction of sp³-hybridized carbons (Fsp3) is 0.192. The number of para-hydroxylation sites is 2. The third-order valence-electron chi connectivity index (χ3n) is 6.13. The molecule has 5 rings (SSSR count). The van der Waals surface area contributed by atoms with Crippen LogP contribution in [-0.2, 0) is 0 Å². The number of nitrogens with zero attached hydrogens (tertiary/aromatic N) is 3. The number of hydrogen-bond donors (Lipinski definition) is 2. The molecule has 1 aromatic heterocycles. The Morgan fingerprint density at radius 1 is 1.11 bits per heavy atom. The number of fused-ring (bicyclic) bond motifs is 1. The number of carbonyl (C=O) groups excluding carboxylic acids is 1. The van der Waals surface area contributed by atoms with Crippen LogP contribution in [0.4, 0.5) is 17.1 Å². The molecule has 182 valence electrons. The smallest absolute Gasteiger partial charge is 0.293 e. The van der Waals surface area contributed by atoms with Crippen molar-refractivity contribution in [1.29, 1.82) is 0 Å². The fourth-order valence-corrected chi connectivity index (χ4v) is 4.45. The summed E-state index contributed by atoms with van der Waals surface area (Å²) in [6.07, 6.45) is 1.98. The van der Waals surface area contributed by atoms with Crippen LogP contribution in [0.25, 0.3) is 22.6 Å². The SMILES string of the molecule is Cc1ccc(-c2nc3ccccc3o2)cc1NC(=S)NC(=O)c1ccc(N2CCCC2)c([N+](=O)[O-])c1. The van der Waals surface area contributed by atoms with Crippen molar-refractivity contribution in [1.82, 2.24) is 10.3 Å². The number of nitro groups is 1. The second-order valence-corrected chi connectivity index (χ2v) is 8.99. The van der Waals surface area contributed by atoms with Crippen molar-refractivity contribution < 1.29 is 14.1 Å². The van der Waals surface area contributed by atoms with Crippen LogP contribution in [0, 0.1) is 17.0 Å². The minimum absolute atomic E-state index is 0.0732. The molecule has 1 aliphatic heterocycles. The van der Waals surface area contributed by atoms with Gasteiger partial charge in [-0.25, -0.2) is 4.98 Å². The number of aromatic nitrogens is 1. The highest BCUT2D eigenvalue weighted by atomic mass is 32.1. The summed E-state index contributed by atoms with van der Waals surface area (Å²) < 4.78 is 5.85. The molecular formula is C26H23N5O4S. The number of hydrogen-bond acceptors (Lipinski definition) is 7. The number of benzene rings is 3. The van der Waals surface area contributed by atoms with Crippen LogP contribution >= 0.6 is 12.2 Å². The van der Waals surface area contributed by atoms with Crippen molar-refractivity contribution in [2.75, 3.05) is 23.3 Å². The van der Waals surface area contributed by atoms with Gasteiger partial charge in [0.2, 0.25) is 5.89 Å². The standard InChI is InChI=1S/C26H23N5O4S/c1-16-8-9-18(25-27-19-6-2-3-7-23(19)35-25)14-20(16)28-26(36)29-24(32)17-10-11-21(22(15-17)31(33)34)30-12-4-5-13-30/h2-3,6-11,14-15H,4-5,12-13H2,1H3,(H2,28,29,32,36). The zero-order valence-electron chi connectivity index (χ0n) is 19.5. The zero-order chi connectivity index (χ0) is 25.2. The molecule has 4 aromatic rings. The van der Waals surface area contributed by atoms with Crippen LogP contribution in [-0.4, -0.2) is 34.0 Å². The Labute approximate surface area is 212 Å². The summed E-state index contributed by atoms with van der Waals surface area (Å²) in [7, 11) is 0. The number of thiocarbonyl (C=S) groups is 1. The molecule has 0 radical (unpaired) electrons. The van der Waals surface area contributed by atoms with Crippen LogP contribution in [0.15, 0.2) is 65.1 Å². The third-order valence-corrected chi connectivity index (χ3v) is 6.34. The van der Waals surface area contributed by atoms with E-state index in [1.807, 2.05) is 54.3 Å². The minimum Gasteiger partial charge on any atom is -0.436 e. The molecule has 9 nitrogen and oxygen atoms in total. The molecule has 2 N–H and O–H groups in total. The number of anilines is 2. The Morgan fingerprint density at radius 2 is 1.89 bits per heavy atom. The van der Waals surface area contributed by atoms with Crippen molar-refractivity contribution >= 4 is 51.4 Å². The van der Waals surface area contributed by atoms with E-state index in [2.05, 4.69) is 15.6 Å². The van der Waals surface area contributed by atoms with E-state index in [0.717, 1.165) is 42.6 Å². The molecule has 1 aliphatic rings. The summed E-state index contributed by atoms with van der Waals surface area (Å²) in [5.74, 6) is -0.0593. The Balaban J connectivity index is 1.32. The Morgan fingerprint density at radius 3 is 2.64 bits per heavy atom. The van der Waals surface area contributed by atoms with Crippen molar-refractivity contribution in [3.05, 3.63) is 81.9 Å². The molecule has 2 heterocycles. The van der Waals surface area contributed by atoms with Gasteiger partial charge in [0.15, 0.2) is 10.7 Å². The van der Waals surface area contributed by atoms with E-state index >= 15 is 0 Å². The average molecular weight is 502 g/mol. The quantitative estimate of drug-likeness (QED) is 0.211. The molecule has 0 bridgehead atoms. The molecule has 0 unspecified atom stereocenters.